The molecule has 1 aliphatic carbocycles. The van der Waals surface area contributed by atoms with Crippen LogP contribution in [0.2, 0.25) is 0 Å². The molecule has 0 radical (unpaired) electrons. The molecule has 1 aliphatic rings. The average Bonchev–Trinajstić information content (AvgIpc) is 2.34. The largest absolute Gasteiger partial charge is 0.486 e. The summed E-state index contributed by atoms with van der Waals surface area (Å²) in [6, 6.07) is 6.10. The zero-order valence-electron chi connectivity index (χ0n) is 11.3. The minimum absolute atomic E-state index is 0.0527. The van der Waals surface area contributed by atoms with Crippen LogP contribution in [-0.2, 0) is 0 Å². The Bertz CT molecular complexity index is 419. The molecule has 0 amide bonds. The number of ether oxygens (including phenoxy) is 1. The molecule has 1 N–H and O–H groups in total. The van der Waals surface area contributed by atoms with Crippen molar-refractivity contribution in [3.63, 3.8) is 0 Å². The van der Waals surface area contributed by atoms with Gasteiger partial charge in [0.2, 0.25) is 0 Å². The van der Waals surface area contributed by atoms with Crippen molar-refractivity contribution in [1.82, 2.24) is 5.32 Å². The van der Waals surface area contributed by atoms with Crippen LogP contribution < -0.4 is 10.1 Å². The van der Waals surface area contributed by atoms with E-state index in [9.17, 15) is 0 Å². The molecule has 1 saturated carbocycles. The summed E-state index contributed by atoms with van der Waals surface area (Å²) >= 11 is 7.05. The molecule has 2 rings (SSSR count). The lowest BCUT2D eigenvalue weighted by Gasteiger charge is -2.42. The van der Waals surface area contributed by atoms with Gasteiger partial charge in [-0.2, -0.15) is 0 Å². The molecule has 0 heterocycles. The van der Waals surface area contributed by atoms with Gasteiger partial charge in [0.05, 0.1) is 4.47 Å². The quantitative estimate of drug-likeness (QED) is 0.668. The number of halogens is 2. The number of rotatable bonds is 7. The van der Waals surface area contributed by atoms with Crippen molar-refractivity contribution < 1.29 is 4.74 Å². The maximum absolute atomic E-state index is 6.30. The van der Waals surface area contributed by atoms with E-state index < -0.39 is 0 Å². The highest BCUT2D eigenvalue weighted by Gasteiger charge is 2.39. The van der Waals surface area contributed by atoms with Gasteiger partial charge in [0.15, 0.2) is 0 Å². The molecule has 0 saturated heterocycles. The fraction of sp³-hybridized carbons (Fsp3) is 0.600. The molecular formula is C15H21Br2NO. The molecule has 0 bridgehead atoms. The van der Waals surface area contributed by atoms with Gasteiger partial charge in [-0.05, 0) is 79.3 Å². The number of hydrogen-bond donors (Lipinski definition) is 1. The van der Waals surface area contributed by atoms with Gasteiger partial charge in [-0.25, -0.2) is 0 Å². The van der Waals surface area contributed by atoms with Crippen molar-refractivity contribution in [3.05, 3.63) is 27.1 Å². The van der Waals surface area contributed by atoms with Gasteiger partial charge in [0.25, 0.3) is 0 Å². The first-order valence-corrected chi connectivity index (χ1v) is 8.59. The highest BCUT2D eigenvalue weighted by molar-refractivity contribution is 9.11. The van der Waals surface area contributed by atoms with Crippen LogP contribution in [0.15, 0.2) is 27.1 Å². The molecule has 4 heteroatoms. The van der Waals surface area contributed by atoms with Crippen molar-refractivity contribution >= 4 is 31.9 Å². The van der Waals surface area contributed by atoms with Gasteiger partial charge in [-0.1, -0.05) is 22.9 Å². The van der Waals surface area contributed by atoms with Gasteiger partial charge < -0.3 is 10.1 Å². The summed E-state index contributed by atoms with van der Waals surface area (Å²) in [5.41, 5.74) is 0.0527. The van der Waals surface area contributed by atoms with Gasteiger partial charge in [0, 0.05) is 4.47 Å². The van der Waals surface area contributed by atoms with E-state index in [1.807, 2.05) is 18.2 Å². The molecule has 0 aliphatic heterocycles. The fourth-order valence-corrected chi connectivity index (χ4v) is 3.51. The highest BCUT2D eigenvalue weighted by Crippen LogP contribution is 2.41. The van der Waals surface area contributed by atoms with E-state index in [4.69, 9.17) is 4.74 Å². The van der Waals surface area contributed by atoms with E-state index in [2.05, 4.69) is 44.1 Å². The Balaban J connectivity index is 1.94. The minimum atomic E-state index is 0.0527. The van der Waals surface area contributed by atoms with E-state index in [0.717, 1.165) is 34.2 Å². The Labute approximate surface area is 132 Å². The van der Waals surface area contributed by atoms with E-state index in [-0.39, 0.29) is 5.60 Å². The summed E-state index contributed by atoms with van der Waals surface area (Å²) in [5.74, 6) is 0.957. The molecule has 2 nitrogen and oxygen atoms in total. The molecule has 1 fully saturated rings. The zero-order valence-corrected chi connectivity index (χ0v) is 14.5. The molecule has 0 spiro atoms. The van der Waals surface area contributed by atoms with Gasteiger partial charge in [-0.15, -0.1) is 0 Å². The van der Waals surface area contributed by atoms with E-state index >= 15 is 0 Å². The van der Waals surface area contributed by atoms with Crippen molar-refractivity contribution in [2.45, 2.75) is 44.6 Å². The molecule has 19 heavy (non-hydrogen) atoms. The lowest BCUT2D eigenvalue weighted by Crippen LogP contribution is -2.45. The van der Waals surface area contributed by atoms with E-state index in [1.54, 1.807) is 0 Å². The summed E-state index contributed by atoms with van der Waals surface area (Å²) in [6.45, 7) is 4.33. The summed E-state index contributed by atoms with van der Waals surface area (Å²) in [5, 5.41) is 3.47. The van der Waals surface area contributed by atoms with Gasteiger partial charge in [0.1, 0.15) is 11.4 Å². The van der Waals surface area contributed by atoms with Gasteiger partial charge >= 0.3 is 0 Å². The normalized spacial score (nSPS) is 17.0. The van der Waals surface area contributed by atoms with E-state index in [1.165, 1.54) is 25.7 Å². The SMILES string of the molecule is CCCNCCC1(Oc2ccc(Br)cc2Br)CCC1. The number of hydrogen-bond acceptors (Lipinski definition) is 2. The summed E-state index contributed by atoms with van der Waals surface area (Å²) < 4.78 is 8.39. The Kier molecular flexibility index (Phi) is 5.72. The standard InChI is InChI=1S/C15H21Br2NO/c1-2-9-18-10-8-15(6-3-7-15)19-14-5-4-12(16)11-13(14)17/h4-5,11,18H,2-3,6-10H2,1H3. The summed E-state index contributed by atoms with van der Waals surface area (Å²) in [7, 11) is 0. The average molecular weight is 391 g/mol. The van der Waals surface area contributed by atoms with Crippen molar-refractivity contribution in [2.75, 3.05) is 13.1 Å². The number of nitrogens with one attached hydrogen (secondary N) is 1. The first kappa shape index (κ1) is 15.3. The van der Waals surface area contributed by atoms with Crippen LogP contribution in [0.1, 0.15) is 39.0 Å². The maximum atomic E-state index is 6.30. The second-order valence-corrected chi connectivity index (χ2v) is 6.98. The smallest absolute Gasteiger partial charge is 0.134 e. The van der Waals surface area contributed by atoms with Gasteiger partial charge in [-0.3, -0.25) is 0 Å². The maximum Gasteiger partial charge on any atom is 0.134 e. The second kappa shape index (κ2) is 7.09. The molecule has 0 unspecified atom stereocenters. The Morgan fingerprint density at radius 2 is 2.05 bits per heavy atom. The minimum Gasteiger partial charge on any atom is -0.486 e. The predicted molar refractivity (Wildman–Crippen MR) is 86.8 cm³/mol. The van der Waals surface area contributed by atoms with Crippen LogP contribution in [0.4, 0.5) is 0 Å². The van der Waals surface area contributed by atoms with Crippen LogP contribution in [0.25, 0.3) is 0 Å². The third-order valence-corrected chi connectivity index (χ3v) is 4.78. The predicted octanol–water partition coefficient (Wildman–Crippen LogP) is 4.90. The van der Waals surface area contributed by atoms with Crippen LogP contribution in [0, 0.1) is 0 Å². The third kappa shape index (κ3) is 4.20. The van der Waals surface area contributed by atoms with Crippen LogP contribution in [0.5, 0.6) is 5.75 Å². The lowest BCUT2D eigenvalue weighted by molar-refractivity contribution is -0.0148. The third-order valence-electron chi connectivity index (χ3n) is 3.67. The van der Waals surface area contributed by atoms with E-state index in [0.29, 0.717) is 0 Å². The monoisotopic (exact) mass is 389 g/mol. The number of benzene rings is 1. The lowest BCUT2D eigenvalue weighted by atomic mass is 9.77. The van der Waals surface area contributed by atoms with Crippen molar-refractivity contribution in [3.8, 4) is 5.75 Å². The topological polar surface area (TPSA) is 21.3 Å². The highest BCUT2D eigenvalue weighted by atomic mass is 79.9. The Morgan fingerprint density at radius 3 is 2.63 bits per heavy atom. The summed E-state index contributed by atoms with van der Waals surface area (Å²) in [6.07, 6.45) is 5.90. The molecule has 0 aromatic heterocycles. The second-order valence-electron chi connectivity index (χ2n) is 5.21. The van der Waals surface area contributed by atoms with Crippen molar-refractivity contribution in [2.24, 2.45) is 0 Å². The fourth-order valence-electron chi connectivity index (χ4n) is 2.38. The van der Waals surface area contributed by atoms with Crippen LogP contribution in [-0.4, -0.2) is 18.7 Å². The molecule has 106 valence electrons. The van der Waals surface area contributed by atoms with Crippen LogP contribution >= 0.6 is 31.9 Å². The Hall–Kier alpha value is -0.0600. The van der Waals surface area contributed by atoms with Crippen LogP contribution in [0.3, 0.4) is 0 Å². The first-order valence-electron chi connectivity index (χ1n) is 7.00. The summed E-state index contributed by atoms with van der Waals surface area (Å²) in [4.78, 5) is 0. The first-order chi connectivity index (χ1) is 9.15. The Morgan fingerprint density at radius 1 is 1.26 bits per heavy atom. The molecule has 1 aromatic carbocycles. The zero-order chi connectivity index (χ0) is 13.7. The van der Waals surface area contributed by atoms with Crippen molar-refractivity contribution in [1.29, 1.82) is 0 Å². The molecular weight excluding hydrogens is 370 g/mol. The molecule has 0 atom stereocenters. The molecule has 1 aromatic rings.